The highest BCUT2D eigenvalue weighted by molar-refractivity contribution is 7.85. The van der Waals surface area contributed by atoms with E-state index in [2.05, 4.69) is 0 Å². The van der Waals surface area contributed by atoms with Gasteiger partial charge in [-0.15, -0.1) is 0 Å². The number of hydrogen-bond acceptors (Lipinski definition) is 3. The quantitative estimate of drug-likeness (QED) is 0.906. The molecule has 0 amide bonds. The van der Waals surface area contributed by atoms with Gasteiger partial charge < -0.3 is 9.84 Å². The smallest absolute Gasteiger partial charge is 0.307 e. The second-order valence-corrected chi connectivity index (χ2v) is 6.89. The fourth-order valence-corrected chi connectivity index (χ4v) is 4.18. The zero-order valence-electron chi connectivity index (χ0n) is 11.6. The van der Waals surface area contributed by atoms with Crippen LogP contribution >= 0.6 is 0 Å². The molecule has 1 fully saturated rings. The van der Waals surface area contributed by atoms with Crippen molar-refractivity contribution in [3.63, 3.8) is 0 Å². The molecule has 3 unspecified atom stereocenters. The van der Waals surface area contributed by atoms with Crippen LogP contribution in [0.25, 0.3) is 0 Å². The van der Waals surface area contributed by atoms with Crippen molar-refractivity contribution in [2.45, 2.75) is 48.4 Å². The summed E-state index contributed by atoms with van der Waals surface area (Å²) < 4.78 is 17.9. The number of benzene rings is 1. The molecule has 1 aliphatic rings. The molecule has 1 N–H and O–H groups in total. The Kier molecular flexibility index (Phi) is 5.31. The van der Waals surface area contributed by atoms with E-state index in [0.29, 0.717) is 0 Å². The lowest BCUT2D eigenvalue weighted by Gasteiger charge is -2.27. The molecule has 1 aliphatic carbocycles. The van der Waals surface area contributed by atoms with E-state index in [-0.39, 0.29) is 17.8 Å². The average molecular weight is 296 g/mol. The van der Waals surface area contributed by atoms with Crippen LogP contribution in [0.4, 0.5) is 0 Å². The molecule has 4 nitrogen and oxygen atoms in total. The minimum Gasteiger partial charge on any atom is -0.481 e. The molecule has 3 atom stereocenters. The summed E-state index contributed by atoms with van der Waals surface area (Å²) in [6, 6.07) is 7.06. The van der Waals surface area contributed by atoms with Gasteiger partial charge in [0.25, 0.3) is 0 Å². The van der Waals surface area contributed by atoms with Gasteiger partial charge in [-0.2, -0.15) is 0 Å². The minimum absolute atomic E-state index is 0.00208. The summed E-state index contributed by atoms with van der Waals surface area (Å²) in [7, 11) is 0.664. The molecule has 0 spiro atoms. The summed E-state index contributed by atoms with van der Waals surface area (Å²) in [5.74, 6) is -0.853. The zero-order chi connectivity index (χ0) is 14.5. The molecule has 2 rings (SSSR count). The second-order valence-electron chi connectivity index (χ2n) is 5.16. The van der Waals surface area contributed by atoms with E-state index in [9.17, 15) is 9.00 Å². The van der Waals surface area contributed by atoms with E-state index in [1.807, 2.05) is 0 Å². The molecule has 0 saturated heterocycles. The van der Waals surface area contributed by atoms with Crippen LogP contribution in [-0.4, -0.2) is 33.7 Å². The van der Waals surface area contributed by atoms with E-state index in [1.54, 1.807) is 31.4 Å². The highest BCUT2D eigenvalue weighted by Gasteiger charge is 2.26. The molecule has 0 bridgehead atoms. The van der Waals surface area contributed by atoms with Crippen molar-refractivity contribution < 1.29 is 18.8 Å². The predicted molar refractivity (Wildman–Crippen MR) is 77.2 cm³/mol. The lowest BCUT2D eigenvalue weighted by atomic mass is 9.97. The second kappa shape index (κ2) is 6.99. The Hall–Kier alpha value is -1.20. The fraction of sp³-hybridized carbons (Fsp3) is 0.533. The van der Waals surface area contributed by atoms with Crippen molar-refractivity contribution in [1.82, 2.24) is 0 Å². The molecule has 1 saturated carbocycles. The number of carbonyl (C=O) groups is 1. The molecular formula is C15H20O4S. The summed E-state index contributed by atoms with van der Waals surface area (Å²) in [6.07, 6.45) is 4.10. The number of aliphatic carboxylic acids is 1. The Morgan fingerprint density at radius 2 is 2.05 bits per heavy atom. The first kappa shape index (κ1) is 15.2. The van der Waals surface area contributed by atoms with Crippen molar-refractivity contribution in [2.75, 3.05) is 7.11 Å². The molecule has 0 heterocycles. The number of rotatable bonds is 5. The van der Waals surface area contributed by atoms with Crippen LogP contribution in [-0.2, 0) is 26.8 Å². The maximum Gasteiger partial charge on any atom is 0.307 e. The Morgan fingerprint density at radius 3 is 2.65 bits per heavy atom. The molecular weight excluding hydrogens is 276 g/mol. The number of carboxylic acid groups (broad SMARTS) is 1. The molecule has 1 aromatic rings. The van der Waals surface area contributed by atoms with Gasteiger partial charge in [-0.05, 0) is 43.4 Å². The summed E-state index contributed by atoms with van der Waals surface area (Å²) in [5.41, 5.74) is 0.733. The predicted octanol–water partition coefficient (Wildman–Crippen LogP) is 2.38. The van der Waals surface area contributed by atoms with Crippen LogP contribution in [0.5, 0.6) is 0 Å². The highest BCUT2D eigenvalue weighted by Crippen LogP contribution is 2.27. The number of ether oxygens (including phenoxy) is 1. The van der Waals surface area contributed by atoms with E-state index in [1.165, 1.54) is 0 Å². The van der Waals surface area contributed by atoms with Crippen LogP contribution in [0.2, 0.25) is 0 Å². The van der Waals surface area contributed by atoms with Crippen LogP contribution < -0.4 is 0 Å². The van der Waals surface area contributed by atoms with E-state index in [4.69, 9.17) is 9.84 Å². The van der Waals surface area contributed by atoms with Crippen molar-refractivity contribution in [1.29, 1.82) is 0 Å². The fourth-order valence-electron chi connectivity index (χ4n) is 2.62. The Labute approximate surface area is 121 Å². The monoisotopic (exact) mass is 296 g/mol. The number of carboxylic acids is 1. The van der Waals surface area contributed by atoms with Gasteiger partial charge in [0.1, 0.15) is 0 Å². The van der Waals surface area contributed by atoms with Crippen molar-refractivity contribution in [3.05, 3.63) is 29.8 Å². The topological polar surface area (TPSA) is 63.6 Å². The molecule has 0 aliphatic heterocycles. The SMILES string of the molecule is COC1CCCC(S(=O)c2ccc(CC(=O)O)cc2)C1. The third kappa shape index (κ3) is 3.90. The third-order valence-electron chi connectivity index (χ3n) is 3.73. The standard InChI is InChI=1S/C15H20O4S/c1-19-12-3-2-4-14(10-12)20(18)13-7-5-11(6-8-13)9-15(16)17/h5-8,12,14H,2-4,9-10H2,1H3,(H,16,17). The zero-order valence-corrected chi connectivity index (χ0v) is 12.4. The molecule has 0 aromatic heterocycles. The highest BCUT2D eigenvalue weighted by atomic mass is 32.2. The van der Waals surface area contributed by atoms with Gasteiger partial charge in [0, 0.05) is 17.3 Å². The van der Waals surface area contributed by atoms with E-state index >= 15 is 0 Å². The average Bonchev–Trinajstić information content (AvgIpc) is 2.47. The van der Waals surface area contributed by atoms with Crippen molar-refractivity contribution in [3.8, 4) is 0 Å². The first-order chi connectivity index (χ1) is 9.60. The molecule has 110 valence electrons. The van der Waals surface area contributed by atoms with Gasteiger partial charge in [-0.3, -0.25) is 9.00 Å². The molecule has 1 aromatic carbocycles. The lowest BCUT2D eigenvalue weighted by molar-refractivity contribution is -0.136. The van der Waals surface area contributed by atoms with Crippen molar-refractivity contribution >= 4 is 16.8 Å². The van der Waals surface area contributed by atoms with E-state index in [0.717, 1.165) is 36.1 Å². The van der Waals surface area contributed by atoms with Gasteiger partial charge >= 0.3 is 5.97 Å². The first-order valence-corrected chi connectivity index (χ1v) is 8.05. The van der Waals surface area contributed by atoms with Crippen LogP contribution in [0.1, 0.15) is 31.2 Å². The Bertz CT molecular complexity index is 483. The number of hydrogen-bond donors (Lipinski definition) is 1. The normalized spacial score (nSPS) is 24.2. The van der Waals surface area contributed by atoms with Crippen molar-refractivity contribution in [2.24, 2.45) is 0 Å². The summed E-state index contributed by atoms with van der Waals surface area (Å²) in [4.78, 5) is 11.4. The summed E-state index contributed by atoms with van der Waals surface area (Å²) in [6.45, 7) is 0. The molecule has 20 heavy (non-hydrogen) atoms. The maximum absolute atomic E-state index is 12.5. The summed E-state index contributed by atoms with van der Waals surface area (Å²) in [5, 5.41) is 8.87. The largest absolute Gasteiger partial charge is 0.481 e. The Morgan fingerprint density at radius 1 is 1.35 bits per heavy atom. The minimum atomic E-state index is -1.04. The van der Waals surface area contributed by atoms with E-state index < -0.39 is 16.8 Å². The van der Waals surface area contributed by atoms with Gasteiger partial charge in [0.15, 0.2) is 0 Å². The van der Waals surface area contributed by atoms with Gasteiger partial charge in [0.2, 0.25) is 0 Å². The van der Waals surface area contributed by atoms with Gasteiger partial charge in [0.05, 0.1) is 23.3 Å². The van der Waals surface area contributed by atoms with Gasteiger partial charge in [-0.1, -0.05) is 12.1 Å². The number of methoxy groups -OCH3 is 1. The van der Waals surface area contributed by atoms with Crippen LogP contribution in [0.15, 0.2) is 29.2 Å². The first-order valence-electron chi connectivity index (χ1n) is 6.84. The van der Waals surface area contributed by atoms with Crippen LogP contribution in [0.3, 0.4) is 0 Å². The third-order valence-corrected chi connectivity index (χ3v) is 5.50. The maximum atomic E-state index is 12.5. The lowest BCUT2D eigenvalue weighted by Crippen LogP contribution is -2.28. The molecule has 5 heteroatoms. The molecule has 0 radical (unpaired) electrons. The van der Waals surface area contributed by atoms with Gasteiger partial charge in [-0.25, -0.2) is 0 Å². The Balaban J connectivity index is 2.03. The van der Waals surface area contributed by atoms with Crippen LogP contribution in [0, 0.1) is 0 Å². The summed E-state index contributed by atoms with van der Waals surface area (Å²) >= 11 is 0.